The van der Waals surface area contributed by atoms with E-state index in [0.717, 1.165) is 12.0 Å². The molecule has 164 valence electrons. The van der Waals surface area contributed by atoms with Crippen molar-refractivity contribution in [1.29, 1.82) is 0 Å². The quantitative estimate of drug-likeness (QED) is 0.672. The van der Waals surface area contributed by atoms with Gasteiger partial charge in [0.25, 0.3) is 0 Å². The maximum absolute atomic E-state index is 11.6. The van der Waals surface area contributed by atoms with Gasteiger partial charge < -0.3 is 20.3 Å². The molecule has 0 radical (unpaired) electrons. The summed E-state index contributed by atoms with van der Waals surface area (Å²) >= 11 is 0. The first-order valence-corrected chi connectivity index (χ1v) is 9.04. The summed E-state index contributed by atoms with van der Waals surface area (Å²) in [4.78, 5) is 24.8. The number of carboxylic acid groups (broad SMARTS) is 2. The van der Waals surface area contributed by atoms with Gasteiger partial charge in [0.2, 0.25) is 0 Å². The Balaban J connectivity index is 0.000000516. The van der Waals surface area contributed by atoms with Gasteiger partial charge in [-0.25, -0.2) is 4.79 Å². The van der Waals surface area contributed by atoms with Gasteiger partial charge >= 0.3 is 18.1 Å². The van der Waals surface area contributed by atoms with Crippen LogP contribution in [-0.4, -0.2) is 53.1 Å². The maximum Gasteiger partial charge on any atom is 0.490 e. The molecule has 1 unspecified atom stereocenters. The Bertz CT molecular complexity index is 696. The number of hydrogen-bond acceptors (Lipinski definition) is 5. The van der Waals surface area contributed by atoms with Gasteiger partial charge in [0.15, 0.2) is 0 Å². The smallest absolute Gasteiger partial charge is 0.481 e. The van der Waals surface area contributed by atoms with Crippen LogP contribution in [0.4, 0.5) is 13.2 Å². The molecule has 3 N–H and O–H groups in total. The van der Waals surface area contributed by atoms with Crippen LogP contribution in [-0.2, 0) is 26.3 Å². The summed E-state index contributed by atoms with van der Waals surface area (Å²) in [6.45, 7) is 8.44. The first kappa shape index (κ1) is 24.8. The van der Waals surface area contributed by atoms with E-state index in [1.807, 2.05) is 12.4 Å². The first-order valence-electron chi connectivity index (χ1n) is 9.04. The fourth-order valence-electron chi connectivity index (χ4n) is 2.68. The lowest BCUT2D eigenvalue weighted by Gasteiger charge is -2.33. The predicted octanol–water partition coefficient (Wildman–Crippen LogP) is 2.98. The normalized spacial score (nSPS) is 19.8. The van der Waals surface area contributed by atoms with Crippen LogP contribution < -0.4 is 5.32 Å². The number of ether oxygens (including phenoxy) is 1. The van der Waals surface area contributed by atoms with Crippen molar-refractivity contribution in [2.24, 2.45) is 5.41 Å². The van der Waals surface area contributed by atoms with Crippen LogP contribution in [0.25, 0.3) is 0 Å². The average Bonchev–Trinajstić information content (AvgIpc) is 2.61. The third kappa shape index (κ3) is 7.98. The number of aliphatic carboxylic acids is 2. The molecule has 29 heavy (non-hydrogen) atoms. The molecule has 7 nitrogen and oxygen atoms in total. The summed E-state index contributed by atoms with van der Waals surface area (Å²) in [5, 5.41) is 19.9. The summed E-state index contributed by atoms with van der Waals surface area (Å²) in [7, 11) is 0. The molecule has 1 atom stereocenters. The van der Waals surface area contributed by atoms with Crippen molar-refractivity contribution in [2.45, 2.75) is 51.7 Å². The number of hydrogen-bond donors (Lipinski definition) is 3. The lowest BCUT2D eigenvalue weighted by atomic mass is 9.82. The van der Waals surface area contributed by atoms with Gasteiger partial charge in [-0.1, -0.05) is 26.8 Å². The van der Waals surface area contributed by atoms with E-state index in [-0.39, 0.29) is 12.0 Å². The Labute approximate surface area is 167 Å². The number of alkyl halides is 3. The molecule has 1 saturated heterocycles. The number of carboxylic acids is 2. The molecule has 1 aromatic heterocycles. The molecule has 1 aliphatic rings. The Kier molecular flexibility index (Phi) is 8.58. The van der Waals surface area contributed by atoms with E-state index in [9.17, 15) is 23.1 Å². The van der Waals surface area contributed by atoms with Crippen molar-refractivity contribution in [3.05, 3.63) is 29.6 Å². The monoisotopic (exact) mass is 420 g/mol. The van der Waals surface area contributed by atoms with Crippen molar-refractivity contribution in [1.82, 2.24) is 10.3 Å². The van der Waals surface area contributed by atoms with Crippen molar-refractivity contribution in [2.75, 3.05) is 19.8 Å². The van der Waals surface area contributed by atoms with E-state index in [1.165, 1.54) is 5.56 Å². The molecule has 2 rings (SSSR count). The number of pyridine rings is 1. The van der Waals surface area contributed by atoms with Crippen LogP contribution in [0.15, 0.2) is 18.5 Å². The third-order valence-electron chi connectivity index (χ3n) is 4.47. The topological polar surface area (TPSA) is 109 Å². The molecule has 0 amide bonds. The van der Waals surface area contributed by atoms with Crippen molar-refractivity contribution in [3.63, 3.8) is 0 Å². The van der Waals surface area contributed by atoms with Gasteiger partial charge in [0.05, 0.1) is 6.61 Å². The SMILES string of the molecule is CC(C)(C)c1cncc(CNCC2(C(=O)O)CCCOC2)c1.O=C(O)C(F)(F)F. The van der Waals surface area contributed by atoms with E-state index in [4.69, 9.17) is 14.6 Å². The van der Waals surface area contributed by atoms with Crippen LogP contribution in [0, 0.1) is 5.41 Å². The molecular formula is C19H27F3N2O5. The molecule has 1 aliphatic heterocycles. The van der Waals surface area contributed by atoms with Gasteiger partial charge in [0, 0.05) is 32.1 Å². The molecule has 2 heterocycles. The largest absolute Gasteiger partial charge is 0.490 e. The van der Waals surface area contributed by atoms with Crippen molar-refractivity contribution < 1.29 is 37.7 Å². The zero-order valence-electron chi connectivity index (χ0n) is 16.7. The number of halogens is 3. The second-order valence-corrected chi connectivity index (χ2v) is 7.98. The summed E-state index contributed by atoms with van der Waals surface area (Å²) in [5.74, 6) is -3.53. The molecule has 1 fully saturated rings. The average molecular weight is 420 g/mol. The highest BCUT2D eigenvalue weighted by molar-refractivity contribution is 5.75. The molecule has 0 aromatic carbocycles. The van der Waals surface area contributed by atoms with Crippen molar-refractivity contribution >= 4 is 11.9 Å². The summed E-state index contributed by atoms with van der Waals surface area (Å²) in [5.41, 5.74) is 1.51. The first-order chi connectivity index (χ1) is 13.3. The van der Waals surface area contributed by atoms with Gasteiger partial charge in [-0.3, -0.25) is 9.78 Å². The lowest BCUT2D eigenvalue weighted by Crippen LogP contribution is -2.46. The lowest BCUT2D eigenvalue weighted by molar-refractivity contribution is -0.192. The number of nitrogens with one attached hydrogen (secondary N) is 1. The minimum atomic E-state index is -5.08. The Morgan fingerprint density at radius 2 is 1.86 bits per heavy atom. The minimum absolute atomic E-state index is 0.0580. The van der Waals surface area contributed by atoms with Gasteiger partial charge in [-0.2, -0.15) is 13.2 Å². The Morgan fingerprint density at radius 3 is 2.31 bits per heavy atom. The van der Waals surface area contributed by atoms with Crippen LogP contribution in [0.3, 0.4) is 0 Å². The van der Waals surface area contributed by atoms with Crippen LogP contribution in [0.2, 0.25) is 0 Å². The molecule has 0 bridgehead atoms. The Morgan fingerprint density at radius 1 is 1.24 bits per heavy atom. The number of nitrogens with zero attached hydrogens (tertiary/aromatic N) is 1. The Hall–Kier alpha value is -2.20. The number of aromatic nitrogens is 1. The van der Waals surface area contributed by atoms with Gasteiger partial charge in [-0.05, 0) is 29.4 Å². The summed E-state index contributed by atoms with van der Waals surface area (Å²) in [6.07, 6.45) is 0.0922. The number of carbonyl (C=O) groups is 2. The molecule has 0 aliphatic carbocycles. The minimum Gasteiger partial charge on any atom is -0.481 e. The number of rotatable bonds is 5. The molecule has 10 heteroatoms. The van der Waals surface area contributed by atoms with E-state index in [0.29, 0.717) is 26.1 Å². The molecule has 0 saturated carbocycles. The van der Waals surface area contributed by atoms with E-state index in [2.05, 4.69) is 37.1 Å². The third-order valence-corrected chi connectivity index (χ3v) is 4.47. The summed E-state index contributed by atoms with van der Waals surface area (Å²) in [6, 6.07) is 2.13. The molecule has 1 aromatic rings. The highest BCUT2D eigenvalue weighted by Gasteiger charge is 2.40. The zero-order valence-corrected chi connectivity index (χ0v) is 16.7. The van der Waals surface area contributed by atoms with E-state index in [1.54, 1.807) is 0 Å². The maximum atomic E-state index is 11.6. The van der Waals surface area contributed by atoms with Crippen molar-refractivity contribution in [3.8, 4) is 0 Å². The van der Waals surface area contributed by atoms with E-state index >= 15 is 0 Å². The van der Waals surface area contributed by atoms with Crippen LogP contribution >= 0.6 is 0 Å². The predicted molar refractivity (Wildman–Crippen MR) is 98.5 cm³/mol. The van der Waals surface area contributed by atoms with Crippen LogP contribution in [0.1, 0.15) is 44.7 Å². The van der Waals surface area contributed by atoms with Gasteiger partial charge in [0.1, 0.15) is 5.41 Å². The molecular weight excluding hydrogens is 393 g/mol. The highest BCUT2D eigenvalue weighted by Crippen LogP contribution is 2.28. The van der Waals surface area contributed by atoms with Gasteiger partial charge in [-0.15, -0.1) is 0 Å². The molecule has 0 spiro atoms. The second-order valence-electron chi connectivity index (χ2n) is 7.98. The standard InChI is InChI=1S/C17H26N2O3.C2HF3O2/c1-16(2,3)14-7-13(8-18-10-14)9-19-11-17(15(20)21)5-4-6-22-12-17;3-2(4,5)1(6)7/h7-8,10,19H,4-6,9,11-12H2,1-3H3,(H,20,21);(H,6,7). The second kappa shape index (κ2) is 10.0. The fraction of sp³-hybridized carbons (Fsp3) is 0.632. The van der Waals surface area contributed by atoms with Crippen LogP contribution in [0.5, 0.6) is 0 Å². The highest BCUT2D eigenvalue weighted by atomic mass is 19.4. The van der Waals surface area contributed by atoms with E-state index < -0.39 is 23.5 Å². The fourth-order valence-corrected chi connectivity index (χ4v) is 2.68. The summed E-state index contributed by atoms with van der Waals surface area (Å²) < 4.78 is 37.1. The zero-order chi connectivity index (χ0) is 22.3.